The van der Waals surface area contributed by atoms with Gasteiger partial charge in [0.05, 0.1) is 0 Å². The summed E-state index contributed by atoms with van der Waals surface area (Å²) in [5.41, 5.74) is 1.19. The summed E-state index contributed by atoms with van der Waals surface area (Å²) in [6.07, 6.45) is 0.335. The van der Waals surface area contributed by atoms with E-state index < -0.39 is 26.7 Å². The topological polar surface area (TPSA) is 72.5 Å². The Morgan fingerprint density at radius 1 is 1.27 bits per heavy atom. The first kappa shape index (κ1) is 18.5. The van der Waals surface area contributed by atoms with E-state index >= 15 is 0 Å². The average molecular weight is 377 g/mol. The minimum absolute atomic E-state index is 0.0963. The Bertz CT molecular complexity index is 956. The maximum Gasteiger partial charge on any atom is 0.205 e. The normalized spacial score (nSPS) is 17.1. The second kappa shape index (κ2) is 7.17. The summed E-state index contributed by atoms with van der Waals surface area (Å²) in [7, 11) is -3.71. The van der Waals surface area contributed by atoms with Crippen LogP contribution in [0, 0.1) is 5.82 Å². The summed E-state index contributed by atoms with van der Waals surface area (Å²) >= 11 is 0. The molecule has 1 heterocycles. The number of hydrogen-bond donors (Lipinski definition) is 1. The molecule has 1 aliphatic heterocycles. The first-order valence-electron chi connectivity index (χ1n) is 8.33. The van der Waals surface area contributed by atoms with Gasteiger partial charge in [0, 0.05) is 30.5 Å². The van der Waals surface area contributed by atoms with Crippen LogP contribution in [-0.2, 0) is 22.8 Å². The van der Waals surface area contributed by atoms with Crippen LogP contribution in [0.5, 0.6) is 5.75 Å². The Labute approximate surface area is 152 Å². The van der Waals surface area contributed by atoms with E-state index in [0.717, 1.165) is 17.9 Å². The highest BCUT2D eigenvalue weighted by molar-refractivity contribution is 7.90. The number of Topliss-reactive ketones (excluding diaryl/α,β-unsaturated/α-hetero) is 1. The first-order chi connectivity index (χ1) is 12.3. The van der Waals surface area contributed by atoms with Crippen LogP contribution in [0.25, 0.3) is 0 Å². The zero-order chi connectivity index (χ0) is 18.9. The molecule has 0 aromatic heterocycles. The molecule has 0 fully saturated rings. The van der Waals surface area contributed by atoms with E-state index in [-0.39, 0.29) is 29.9 Å². The molecule has 2 aromatic carbocycles. The van der Waals surface area contributed by atoms with Crippen molar-refractivity contribution in [1.29, 1.82) is 0 Å². The Hall–Kier alpha value is -2.25. The van der Waals surface area contributed by atoms with E-state index in [0.29, 0.717) is 12.3 Å². The van der Waals surface area contributed by atoms with Crippen molar-refractivity contribution in [1.82, 2.24) is 5.32 Å². The van der Waals surface area contributed by atoms with Crippen LogP contribution in [0.15, 0.2) is 41.3 Å². The van der Waals surface area contributed by atoms with Crippen LogP contribution in [-0.4, -0.2) is 33.1 Å². The number of ketones is 1. The van der Waals surface area contributed by atoms with E-state index in [1.54, 1.807) is 13.0 Å². The fourth-order valence-electron chi connectivity index (χ4n) is 3.08. The third-order valence-corrected chi connectivity index (χ3v) is 5.52. The summed E-state index contributed by atoms with van der Waals surface area (Å²) in [6.45, 7) is 2.54. The van der Waals surface area contributed by atoms with Crippen LogP contribution in [0.4, 0.5) is 4.39 Å². The van der Waals surface area contributed by atoms with Crippen molar-refractivity contribution in [3.8, 4) is 5.75 Å². The highest BCUT2D eigenvalue weighted by atomic mass is 32.2. The predicted molar refractivity (Wildman–Crippen MR) is 95.8 cm³/mol. The van der Waals surface area contributed by atoms with E-state index in [1.165, 1.54) is 6.07 Å². The monoisotopic (exact) mass is 377 g/mol. The summed E-state index contributed by atoms with van der Waals surface area (Å²) < 4.78 is 44.0. The summed E-state index contributed by atoms with van der Waals surface area (Å²) in [6, 6.07) is 9.93. The highest BCUT2D eigenvalue weighted by Crippen LogP contribution is 2.26. The van der Waals surface area contributed by atoms with Crippen LogP contribution in [0.3, 0.4) is 0 Å². The van der Waals surface area contributed by atoms with Gasteiger partial charge in [-0.25, -0.2) is 12.8 Å². The van der Waals surface area contributed by atoms with Crippen LogP contribution >= 0.6 is 0 Å². The molecule has 1 atom stereocenters. The molecule has 0 radical (unpaired) electrons. The van der Waals surface area contributed by atoms with Gasteiger partial charge in [0.2, 0.25) is 5.78 Å². The van der Waals surface area contributed by atoms with Crippen molar-refractivity contribution in [3.63, 3.8) is 0 Å². The van der Waals surface area contributed by atoms with E-state index in [4.69, 9.17) is 4.74 Å². The molecule has 138 valence electrons. The number of carbonyl (C=O) groups is 1. The molecule has 2 aromatic rings. The van der Waals surface area contributed by atoms with Crippen molar-refractivity contribution in [3.05, 3.63) is 58.9 Å². The largest absolute Gasteiger partial charge is 0.481 e. The molecule has 0 saturated carbocycles. The van der Waals surface area contributed by atoms with Gasteiger partial charge in [-0.05, 0) is 30.2 Å². The van der Waals surface area contributed by atoms with E-state index in [2.05, 4.69) is 5.32 Å². The number of sulfone groups is 1. The molecule has 3 rings (SSSR count). The van der Waals surface area contributed by atoms with Gasteiger partial charge < -0.3 is 10.1 Å². The number of rotatable bonds is 4. The Kier molecular flexibility index (Phi) is 5.11. The molecular weight excluding hydrogens is 357 g/mol. The van der Waals surface area contributed by atoms with Gasteiger partial charge in [0.15, 0.2) is 15.9 Å². The van der Waals surface area contributed by atoms with Crippen molar-refractivity contribution >= 4 is 15.6 Å². The fourth-order valence-corrected chi connectivity index (χ4v) is 3.84. The summed E-state index contributed by atoms with van der Waals surface area (Å²) in [4.78, 5) is 12.6. The summed E-state index contributed by atoms with van der Waals surface area (Å²) in [5, 5.41) is 3.16. The molecule has 0 spiro atoms. The molecule has 0 amide bonds. The van der Waals surface area contributed by atoms with Gasteiger partial charge in [0.25, 0.3) is 0 Å². The lowest BCUT2D eigenvalue weighted by molar-refractivity contribution is 0.0798. The van der Waals surface area contributed by atoms with Crippen molar-refractivity contribution in [2.45, 2.75) is 30.9 Å². The molecule has 1 aliphatic rings. The standard InChI is InChI=1S/C19H20FNO4S/c1-3-13-14(8-9-17(18(13)20)26(2,23)24)19(22)16-11-21-10-12-6-4-5-7-15(12)25-16/h4-9,16,21H,3,10-11H2,1-2H3. The summed E-state index contributed by atoms with van der Waals surface area (Å²) in [5.74, 6) is -0.616. The Morgan fingerprint density at radius 2 is 2.00 bits per heavy atom. The second-order valence-corrected chi connectivity index (χ2v) is 8.22. The number of para-hydroxylation sites is 1. The smallest absolute Gasteiger partial charge is 0.205 e. The molecule has 26 heavy (non-hydrogen) atoms. The Balaban J connectivity index is 1.99. The third kappa shape index (κ3) is 3.50. The molecule has 0 aliphatic carbocycles. The van der Waals surface area contributed by atoms with E-state index in [1.807, 2.05) is 18.2 Å². The zero-order valence-electron chi connectivity index (χ0n) is 14.6. The van der Waals surface area contributed by atoms with Gasteiger partial charge in [0.1, 0.15) is 16.5 Å². The van der Waals surface area contributed by atoms with Crippen LogP contribution < -0.4 is 10.1 Å². The second-order valence-electron chi connectivity index (χ2n) is 6.24. The van der Waals surface area contributed by atoms with Gasteiger partial charge in [-0.15, -0.1) is 0 Å². The number of hydrogen-bond acceptors (Lipinski definition) is 5. The van der Waals surface area contributed by atoms with Gasteiger partial charge in [-0.1, -0.05) is 25.1 Å². The number of carbonyl (C=O) groups excluding carboxylic acids is 1. The maximum atomic E-state index is 14.7. The highest BCUT2D eigenvalue weighted by Gasteiger charge is 2.29. The lowest BCUT2D eigenvalue weighted by Crippen LogP contribution is -2.36. The van der Waals surface area contributed by atoms with E-state index in [9.17, 15) is 17.6 Å². The molecular formula is C19H20FNO4S. The average Bonchev–Trinajstić information content (AvgIpc) is 2.82. The van der Waals surface area contributed by atoms with Crippen molar-refractivity contribution in [2.75, 3.05) is 12.8 Å². The number of fused-ring (bicyclic) bond motifs is 1. The maximum absolute atomic E-state index is 14.7. The van der Waals surface area contributed by atoms with Crippen LogP contribution in [0.1, 0.15) is 28.4 Å². The minimum Gasteiger partial charge on any atom is -0.481 e. The van der Waals surface area contributed by atoms with Gasteiger partial charge >= 0.3 is 0 Å². The van der Waals surface area contributed by atoms with Crippen LogP contribution in [0.2, 0.25) is 0 Å². The zero-order valence-corrected chi connectivity index (χ0v) is 15.4. The lowest BCUT2D eigenvalue weighted by Gasteiger charge is -2.18. The number of halogens is 1. The van der Waals surface area contributed by atoms with Gasteiger partial charge in [-0.2, -0.15) is 0 Å². The minimum atomic E-state index is -3.71. The molecule has 7 heteroatoms. The van der Waals surface area contributed by atoms with Crippen molar-refractivity contribution in [2.24, 2.45) is 0 Å². The number of benzene rings is 2. The first-order valence-corrected chi connectivity index (χ1v) is 10.2. The lowest BCUT2D eigenvalue weighted by atomic mass is 9.97. The molecule has 0 saturated heterocycles. The quantitative estimate of drug-likeness (QED) is 0.829. The fraction of sp³-hybridized carbons (Fsp3) is 0.316. The number of ether oxygens (including phenoxy) is 1. The number of nitrogens with one attached hydrogen (secondary N) is 1. The third-order valence-electron chi connectivity index (χ3n) is 4.41. The SMILES string of the molecule is CCc1c(C(=O)C2CNCc3ccccc3O2)ccc(S(C)(=O)=O)c1F. The molecule has 0 bridgehead atoms. The predicted octanol–water partition coefficient (Wildman–Crippen LogP) is 2.53. The molecule has 1 unspecified atom stereocenters. The molecule has 1 N–H and O–H groups in total. The van der Waals surface area contributed by atoms with Gasteiger partial charge in [-0.3, -0.25) is 4.79 Å². The molecule has 5 nitrogen and oxygen atoms in total. The Morgan fingerprint density at radius 3 is 2.69 bits per heavy atom. The van der Waals surface area contributed by atoms with Crippen molar-refractivity contribution < 1.29 is 22.3 Å².